The number of aromatic nitrogens is 2. The highest BCUT2D eigenvalue weighted by atomic mass is 16.3. The van der Waals surface area contributed by atoms with Crippen molar-refractivity contribution in [1.29, 1.82) is 0 Å². The van der Waals surface area contributed by atoms with Crippen molar-refractivity contribution in [3.05, 3.63) is 84.6 Å². The summed E-state index contributed by atoms with van der Waals surface area (Å²) in [5.41, 5.74) is 1.88. The molecule has 31 heavy (non-hydrogen) atoms. The van der Waals surface area contributed by atoms with E-state index in [-0.39, 0.29) is 11.9 Å². The van der Waals surface area contributed by atoms with E-state index in [1.165, 1.54) is 12.8 Å². The summed E-state index contributed by atoms with van der Waals surface area (Å²) in [6, 6.07) is 18.9. The van der Waals surface area contributed by atoms with Crippen LogP contribution in [0.3, 0.4) is 0 Å². The first kappa shape index (κ1) is 19.4. The van der Waals surface area contributed by atoms with Crippen LogP contribution in [0.5, 0.6) is 0 Å². The number of likely N-dealkylation sites (tertiary alicyclic amines) is 1. The number of carbonyl (C=O) groups excluding carboxylic acids is 1. The summed E-state index contributed by atoms with van der Waals surface area (Å²) < 4.78 is 12.8. The number of carbonyl (C=O) groups is 1. The normalized spacial score (nSPS) is 15.2. The molecule has 0 saturated carbocycles. The highest BCUT2D eigenvalue weighted by Gasteiger charge is 2.27. The molecule has 1 aliphatic rings. The van der Waals surface area contributed by atoms with E-state index in [1.807, 2.05) is 48.5 Å². The van der Waals surface area contributed by atoms with E-state index in [4.69, 9.17) is 8.83 Å². The molecule has 0 radical (unpaired) electrons. The molecule has 1 aromatic carbocycles. The Bertz CT molecular complexity index is 1110. The minimum atomic E-state index is -0.190. The molecule has 7 heteroatoms. The quantitative estimate of drug-likeness (QED) is 0.486. The Morgan fingerprint density at radius 1 is 1.00 bits per heavy atom. The van der Waals surface area contributed by atoms with E-state index in [0.29, 0.717) is 23.7 Å². The number of hydrogen-bond acceptors (Lipinski definition) is 5. The Hall–Kier alpha value is -3.58. The van der Waals surface area contributed by atoms with Gasteiger partial charge in [-0.1, -0.05) is 18.2 Å². The first-order valence-electron chi connectivity index (χ1n) is 10.5. The van der Waals surface area contributed by atoms with Gasteiger partial charge in [-0.2, -0.15) is 5.10 Å². The Morgan fingerprint density at radius 2 is 1.77 bits per heavy atom. The van der Waals surface area contributed by atoms with E-state index in [2.05, 4.69) is 15.3 Å². The second-order valence-electron chi connectivity index (χ2n) is 7.62. The van der Waals surface area contributed by atoms with Crippen LogP contribution in [0.1, 0.15) is 35.1 Å². The molecule has 5 rings (SSSR count). The molecule has 0 bridgehead atoms. The van der Waals surface area contributed by atoms with E-state index >= 15 is 0 Å². The first-order valence-corrected chi connectivity index (χ1v) is 10.5. The first-order chi connectivity index (χ1) is 15.3. The lowest BCUT2D eigenvalue weighted by atomic mass is 10.2. The van der Waals surface area contributed by atoms with Crippen LogP contribution in [-0.4, -0.2) is 40.2 Å². The minimum Gasteiger partial charge on any atom is -0.468 e. The van der Waals surface area contributed by atoms with Gasteiger partial charge in [0.1, 0.15) is 17.1 Å². The molecule has 3 aromatic heterocycles. The van der Waals surface area contributed by atoms with E-state index in [9.17, 15) is 4.79 Å². The molecule has 4 aromatic rings. The SMILES string of the molecule is O=C(NCC(c1ccco1)N1CCCC1)c1cc(-c2ccco2)nn1-c1ccccc1. The predicted molar refractivity (Wildman–Crippen MR) is 116 cm³/mol. The lowest BCUT2D eigenvalue weighted by Gasteiger charge is -2.26. The number of furan rings is 2. The van der Waals surface area contributed by atoms with Gasteiger partial charge in [0.2, 0.25) is 0 Å². The summed E-state index contributed by atoms with van der Waals surface area (Å²) in [5.74, 6) is 1.30. The maximum absolute atomic E-state index is 13.3. The van der Waals surface area contributed by atoms with Crippen LogP contribution in [0, 0.1) is 0 Å². The van der Waals surface area contributed by atoms with Crippen molar-refractivity contribution < 1.29 is 13.6 Å². The Morgan fingerprint density at radius 3 is 2.48 bits per heavy atom. The minimum absolute atomic E-state index is 0.0130. The second-order valence-corrected chi connectivity index (χ2v) is 7.62. The van der Waals surface area contributed by atoms with Gasteiger partial charge in [-0.3, -0.25) is 9.69 Å². The summed E-state index contributed by atoms with van der Waals surface area (Å²) in [5, 5.41) is 7.73. The summed E-state index contributed by atoms with van der Waals surface area (Å²) in [6.45, 7) is 2.47. The van der Waals surface area contributed by atoms with Crippen LogP contribution < -0.4 is 5.32 Å². The maximum Gasteiger partial charge on any atom is 0.270 e. The van der Waals surface area contributed by atoms with E-state index in [0.717, 1.165) is 24.5 Å². The van der Waals surface area contributed by atoms with Crippen LogP contribution in [0.25, 0.3) is 17.1 Å². The molecule has 0 aliphatic carbocycles. The van der Waals surface area contributed by atoms with Crippen LogP contribution in [-0.2, 0) is 0 Å². The second kappa shape index (κ2) is 8.65. The lowest BCUT2D eigenvalue weighted by Crippen LogP contribution is -2.37. The third-order valence-electron chi connectivity index (χ3n) is 5.63. The zero-order valence-electron chi connectivity index (χ0n) is 17.1. The highest BCUT2D eigenvalue weighted by Crippen LogP contribution is 2.26. The van der Waals surface area contributed by atoms with Crippen LogP contribution in [0.4, 0.5) is 0 Å². The smallest absolute Gasteiger partial charge is 0.270 e. The van der Waals surface area contributed by atoms with Crippen LogP contribution >= 0.6 is 0 Å². The van der Waals surface area contributed by atoms with Crippen molar-refractivity contribution in [3.8, 4) is 17.1 Å². The number of benzene rings is 1. The van der Waals surface area contributed by atoms with E-state index in [1.54, 1.807) is 29.3 Å². The van der Waals surface area contributed by atoms with Gasteiger partial charge in [0.05, 0.1) is 24.3 Å². The molecule has 1 N–H and O–H groups in total. The molecule has 1 unspecified atom stereocenters. The number of amides is 1. The standard InChI is InChI=1S/C24H24N4O3/c29-24(25-17-21(23-11-7-15-31-23)27-12-4-5-13-27)20-16-19(22-10-6-14-30-22)26-28(20)18-8-2-1-3-9-18/h1-3,6-11,14-16,21H,4-5,12-13,17H2,(H,25,29). The summed E-state index contributed by atoms with van der Waals surface area (Å²) in [6.07, 6.45) is 5.61. The predicted octanol–water partition coefficient (Wildman–Crippen LogP) is 4.29. The van der Waals surface area contributed by atoms with Gasteiger partial charge in [0, 0.05) is 12.6 Å². The average Bonchev–Trinajstić information content (AvgIpc) is 3.61. The average molecular weight is 416 g/mol. The summed E-state index contributed by atoms with van der Waals surface area (Å²) in [7, 11) is 0. The van der Waals surface area contributed by atoms with Crippen molar-refractivity contribution >= 4 is 5.91 Å². The van der Waals surface area contributed by atoms with Crippen molar-refractivity contribution in [2.75, 3.05) is 19.6 Å². The highest BCUT2D eigenvalue weighted by molar-refractivity contribution is 5.94. The molecule has 1 saturated heterocycles. The number of rotatable bonds is 7. The van der Waals surface area contributed by atoms with Crippen LogP contribution in [0.15, 0.2) is 82.0 Å². The van der Waals surface area contributed by atoms with Crippen molar-refractivity contribution in [2.45, 2.75) is 18.9 Å². The Kier molecular flexibility index (Phi) is 5.41. The van der Waals surface area contributed by atoms with Crippen molar-refractivity contribution in [2.24, 2.45) is 0 Å². The molecule has 158 valence electrons. The Balaban J connectivity index is 1.41. The molecule has 1 fully saturated rings. The fourth-order valence-electron chi connectivity index (χ4n) is 4.08. The molecule has 1 aliphatic heterocycles. The van der Waals surface area contributed by atoms with Gasteiger partial charge in [-0.25, -0.2) is 4.68 Å². The number of nitrogens with one attached hydrogen (secondary N) is 1. The molecule has 7 nitrogen and oxygen atoms in total. The number of hydrogen-bond donors (Lipinski definition) is 1. The summed E-state index contributed by atoms with van der Waals surface area (Å²) >= 11 is 0. The summed E-state index contributed by atoms with van der Waals surface area (Å²) in [4.78, 5) is 15.6. The van der Waals surface area contributed by atoms with E-state index < -0.39 is 0 Å². The topological polar surface area (TPSA) is 76.4 Å². The van der Waals surface area contributed by atoms with Crippen LogP contribution in [0.2, 0.25) is 0 Å². The molecule has 1 atom stereocenters. The van der Waals surface area contributed by atoms with Gasteiger partial charge in [-0.15, -0.1) is 0 Å². The fraction of sp³-hybridized carbons (Fsp3) is 0.250. The monoisotopic (exact) mass is 416 g/mol. The largest absolute Gasteiger partial charge is 0.468 e. The zero-order valence-corrected chi connectivity index (χ0v) is 17.1. The number of nitrogens with zero attached hydrogens (tertiary/aromatic N) is 3. The lowest BCUT2D eigenvalue weighted by molar-refractivity contribution is 0.0926. The molecular formula is C24H24N4O3. The fourth-order valence-corrected chi connectivity index (χ4v) is 4.08. The Labute approximate surface area is 180 Å². The van der Waals surface area contributed by atoms with Gasteiger partial charge in [0.25, 0.3) is 5.91 Å². The zero-order chi connectivity index (χ0) is 21.0. The van der Waals surface area contributed by atoms with Gasteiger partial charge >= 0.3 is 0 Å². The number of para-hydroxylation sites is 1. The van der Waals surface area contributed by atoms with Crippen molar-refractivity contribution in [3.63, 3.8) is 0 Å². The van der Waals surface area contributed by atoms with Gasteiger partial charge in [0.15, 0.2) is 5.76 Å². The maximum atomic E-state index is 13.3. The third kappa shape index (κ3) is 4.04. The van der Waals surface area contributed by atoms with Crippen molar-refractivity contribution in [1.82, 2.24) is 20.0 Å². The molecule has 4 heterocycles. The third-order valence-corrected chi connectivity index (χ3v) is 5.63. The van der Waals surface area contributed by atoms with Gasteiger partial charge in [-0.05, 0) is 62.3 Å². The molecule has 1 amide bonds. The molecule has 0 spiro atoms. The molecular weight excluding hydrogens is 392 g/mol. The van der Waals surface area contributed by atoms with Gasteiger partial charge < -0.3 is 14.2 Å².